The predicted molar refractivity (Wildman–Crippen MR) is 107 cm³/mol. The van der Waals surface area contributed by atoms with Crippen molar-refractivity contribution >= 4 is 22.6 Å². The van der Waals surface area contributed by atoms with Gasteiger partial charge in [0, 0.05) is 18.0 Å². The zero-order valence-electron chi connectivity index (χ0n) is 16.0. The molecule has 7 heteroatoms. The number of methoxy groups -OCH3 is 1. The van der Waals surface area contributed by atoms with Crippen LogP contribution in [0.2, 0.25) is 0 Å². The number of fused-ring (bicyclic) bond motifs is 1. The summed E-state index contributed by atoms with van der Waals surface area (Å²) in [5.41, 5.74) is 1.04. The molecule has 0 aliphatic carbocycles. The molecule has 29 heavy (non-hydrogen) atoms. The van der Waals surface area contributed by atoms with Crippen LogP contribution in [0.3, 0.4) is 0 Å². The van der Waals surface area contributed by atoms with E-state index in [9.17, 15) is 13.6 Å². The van der Waals surface area contributed by atoms with E-state index in [2.05, 4.69) is 10.3 Å². The molecule has 4 rings (SSSR count). The molecule has 1 saturated heterocycles. The molecule has 3 aromatic rings. The summed E-state index contributed by atoms with van der Waals surface area (Å²) in [6.45, 7) is 1.44. The van der Waals surface area contributed by atoms with Crippen LogP contribution in [-0.4, -0.2) is 37.1 Å². The first-order chi connectivity index (χ1) is 14.0. The molecular formula is C22H21F2N3O2. The molecule has 2 aromatic carbocycles. The molecule has 2 heterocycles. The van der Waals surface area contributed by atoms with Crippen LogP contribution >= 0.6 is 0 Å². The van der Waals surface area contributed by atoms with E-state index in [-0.39, 0.29) is 18.4 Å². The highest BCUT2D eigenvalue weighted by Crippen LogP contribution is 2.25. The van der Waals surface area contributed by atoms with Gasteiger partial charge in [-0.3, -0.25) is 9.69 Å². The Bertz CT molecular complexity index is 1030. The van der Waals surface area contributed by atoms with Crippen molar-refractivity contribution in [2.24, 2.45) is 0 Å². The van der Waals surface area contributed by atoms with Crippen molar-refractivity contribution < 1.29 is 18.3 Å². The Balaban J connectivity index is 1.68. The summed E-state index contributed by atoms with van der Waals surface area (Å²) < 4.78 is 32.3. The topological polar surface area (TPSA) is 54.5 Å². The molecule has 150 valence electrons. The highest BCUT2D eigenvalue weighted by atomic mass is 19.1. The minimum Gasteiger partial charge on any atom is -0.497 e. The minimum atomic E-state index is -0.695. The molecule has 0 radical (unpaired) electrons. The fourth-order valence-electron chi connectivity index (χ4n) is 3.71. The van der Waals surface area contributed by atoms with Gasteiger partial charge in [0.2, 0.25) is 5.91 Å². The van der Waals surface area contributed by atoms with Gasteiger partial charge in [-0.25, -0.2) is 13.8 Å². The molecule has 1 aromatic heterocycles. The number of carbonyl (C=O) groups is 1. The van der Waals surface area contributed by atoms with Gasteiger partial charge in [-0.15, -0.1) is 0 Å². The van der Waals surface area contributed by atoms with E-state index in [0.717, 1.165) is 35.7 Å². The fraction of sp³-hybridized carbons (Fsp3) is 0.273. The van der Waals surface area contributed by atoms with Crippen molar-refractivity contribution in [3.8, 4) is 5.75 Å². The van der Waals surface area contributed by atoms with Gasteiger partial charge in [0.25, 0.3) is 0 Å². The average Bonchev–Trinajstić information content (AvgIpc) is 3.21. The summed E-state index contributed by atoms with van der Waals surface area (Å²) in [6.07, 6.45) is 0.680. The lowest BCUT2D eigenvalue weighted by atomic mass is 10.1. The largest absolute Gasteiger partial charge is 0.497 e. The Morgan fingerprint density at radius 1 is 1.17 bits per heavy atom. The molecule has 1 amide bonds. The number of carbonyl (C=O) groups excluding carboxylic acids is 1. The van der Waals surface area contributed by atoms with Crippen molar-refractivity contribution in [2.45, 2.75) is 18.9 Å². The van der Waals surface area contributed by atoms with Gasteiger partial charge in [-0.2, -0.15) is 0 Å². The van der Waals surface area contributed by atoms with Crippen molar-refractivity contribution in [3.05, 3.63) is 65.7 Å². The lowest BCUT2D eigenvalue weighted by Gasteiger charge is -2.28. The molecule has 0 unspecified atom stereocenters. The first-order valence-corrected chi connectivity index (χ1v) is 9.46. The second-order valence-electron chi connectivity index (χ2n) is 7.09. The van der Waals surface area contributed by atoms with Crippen LogP contribution in [0, 0.1) is 11.6 Å². The number of hydrogen-bond acceptors (Lipinski definition) is 4. The van der Waals surface area contributed by atoms with Crippen LogP contribution in [0.1, 0.15) is 12.0 Å². The number of hydrogen-bond donors (Lipinski definition) is 1. The lowest BCUT2D eigenvalue weighted by molar-refractivity contribution is -0.118. The maximum absolute atomic E-state index is 13.5. The Kier molecular flexibility index (Phi) is 5.40. The van der Waals surface area contributed by atoms with Crippen molar-refractivity contribution in [1.82, 2.24) is 10.3 Å². The highest BCUT2D eigenvalue weighted by Gasteiger charge is 2.29. The monoisotopic (exact) mass is 397 g/mol. The van der Waals surface area contributed by atoms with Crippen LogP contribution in [-0.2, 0) is 11.2 Å². The van der Waals surface area contributed by atoms with Crippen molar-refractivity contribution in [2.75, 3.05) is 25.1 Å². The number of nitrogens with one attached hydrogen (secondary N) is 1. The number of halogens is 2. The number of aromatic nitrogens is 1. The van der Waals surface area contributed by atoms with E-state index >= 15 is 0 Å². The van der Waals surface area contributed by atoms with Gasteiger partial charge in [-0.05, 0) is 61.0 Å². The second kappa shape index (κ2) is 8.13. The molecule has 1 aliphatic heterocycles. The standard InChI is InChI=1S/C22H21F2N3O2/c1-29-19-3-4-20-15(11-19)2-5-21(26-20)27(18-6-7-25-13-18)22(28)10-14-8-16(23)12-17(24)9-14/h2-5,8-9,11-12,18,25H,6-7,10,13H2,1H3/t18-/m0/s1. The van der Waals surface area contributed by atoms with E-state index in [1.807, 2.05) is 24.3 Å². The third-order valence-electron chi connectivity index (χ3n) is 5.07. The molecule has 0 bridgehead atoms. The lowest BCUT2D eigenvalue weighted by Crippen LogP contribution is -2.43. The number of anilines is 1. The molecule has 1 fully saturated rings. The molecule has 1 N–H and O–H groups in total. The fourth-order valence-corrected chi connectivity index (χ4v) is 3.71. The van der Waals surface area contributed by atoms with E-state index in [1.54, 1.807) is 18.1 Å². The van der Waals surface area contributed by atoms with Crippen LogP contribution in [0.15, 0.2) is 48.5 Å². The Labute approximate surface area is 167 Å². The highest BCUT2D eigenvalue weighted by molar-refractivity contribution is 5.96. The molecule has 0 saturated carbocycles. The quantitative estimate of drug-likeness (QED) is 0.717. The van der Waals surface area contributed by atoms with E-state index < -0.39 is 11.6 Å². The number of amides is 1. The van der Waals surface area contributed by atoms with Crippen LogP contribution < -0.4 is 15.0 Å². The van der Waals surface area contributed by atoms with Gasteiger partial charge < -0.3 is 10.1 Å². The van der Waals surface area contributed by atoms with Crippen LogP contribution in [0.4, 0.5) is 14.6 Å². The first-order valence-electron chi connectivity index (χ1n) is 9.46. The summed E-state index contributed by atoms with van der Waals surface area (Å²) >= 11 is 0. The maximum Gasteiger partial charge on any atom is 0.232 e. The zero-order chi connectivity index (χ0) is 20.4. The van der Waals surface area contributed by atoms with Gasteiger partial charge in [0.05, 0.1) is 25.1 Å². The van der Waals surface area contributed by atoms with Gasteiger partial charge in [0.15, 0.2) is 0 Å². The summed E-state index contributed by atoms with van der Waals surface area (Å²) in [5, 5.41) is 4.15. The van der Waals surface area contributed by atoms with E-state index in [0.29, 0.717) is 17.9 Å². The number of benzene rings is 2. The van der Waals surface area contributed by atoms with Crippen LogP contribution in [0.5, 0.6) is 5.75 Å². The summed E-state index contributed by atoms with van der Waals surface area (Å²) in [5.74, 6) is -0.380. The third kappa shape index (κ3) is 4.19. The number of rotatable bonds is 5. The molecule has 1 atom stereocenters. The van der Waals surface area contributed by atoms with Gasteiger partial charge in [-0.1, -0.05) is 0 Å². The van der Waals surface area contributed by atoms with Crippen molar-refractivity contribution in [3.63, 3.8) is 0 Å². The SMILES string of the molecule is COc1ccc2nc(N(C(=O)Cc3cc(F)cc(F)c3)[C@H]3CCNC3)ccc2c1. The summed E-state index contributed by atoms with van der Waals surface area (Å²) in [6, 6.07) is 12.3. The zero-order valence-corrected chi connectivity index (χ0v) is 16.0. The minimum absolute atomic E-state index is 0.0656. The number of pyridine rings is 1. The van der Waals surface area contributed by atoms with Crippen LogP contribution in [0.25, 0.3) is 10.9 Å². The predicted octanol–water partition coefficient (Wildman–Crippen LogP) is 3.46. The second-order valence-corrected chi connectivity index (χ2v) is 7.09. The van der Waals surface area contributed by atoms with E-state index in [4.69, 9.17) is 4.74 Å². The number of nitrogens with zero attached hydrogens (tertiary/aromatic N) is 2. The summed E-state index contributed by atoms with van der Waals surface area (Å²) in [7, 11) is 1.60. The Hall–Kier alpha value is -3.06. The van der Waals surface area contributed by atoms with E-state index in [1.165, 1.54) is 12.1 Å². The first kappa shape index (κ1) is 19.3. The average molecular weight is 397 g/mol. The smallest absolute Gasteiger partial charge is 0.232 e. The molecule has 5 nitrogen and oxygen atoms in total. The molecular weight excluding hydrogens is 376 g/mol. The normalized spacial score (nSPS) is 16.2. The molecule has 1 aliphatic rings. The van der Waals surface area contributed by atoms with Gasteiger partial charge in [0.1, 0.15) is 23.2 Å². The Morgan fingerprint density at radius 3 is 2.66 bits per heavy atom. The number of ether oxygens (including phenoxy) is 1. The summed E-state index contributed by atoms with van der Waals surface area (Å²) in [4.78, 5) is 19.5. The van der Waals surface area contributed by atoms with Gasteiger partial charge >= 0.3 is 0 Å². The van der Waals surface area contributed by atoms with Crippen molar-refractivity contribution in [1.29, 1.82) is 0 Å². The third-order valence-corrected chi connectivity index (χ3v) is 5.07. The Morgan fingerprint density at radius 2 is 1.97 bits per heavy atom. The maximum atomic E-state index is 13.5. The molecule has 0 spiro atoms.